The van der Waals surface area contributed by atoms with Gasteiger partial charge in [-0.1, -0.05) is 6.92 Å². The number of carbonyl (C=O) groups excluding carboxylic acids is 1. The van der Waals surface area contributed by atoms with E-state index in [9.17, 15) is 4.79 Å². The third-order valence-electron chi connectivity index (χ3n) is 3.31. The number of likely N-dealkylation sites (N-methyl/N-ethyl adjacent to an activating group) is 1. The van der Waals surface area contributed by atoms with Crippen LogP contribution in [0.15, 0.2) is 0 Å². The highest BCUT2D eigenvalue weighted by Crippen LogP contribution is 2.20. The van der Waals surface area contributed by atoms with Crippen molar-refractivity contribution in [3.8, 4) is 0 Å². The first-order chi connectivity index (χ1) is 6.97. The molecule has 15 heavy (non-hydrogen) atoms. The summed E-state index contributed by atoms with van der Waals surface area (Å²) in [5.74, 6) is 0.564. The Morgan fingerprint density at radius 1 is 1.33 bits per heavy atom. The zero-order valence-electron chi connectivity index (χ0n) is 10.5. The highest BCUT2D eigenvalue weighted by Gasteiger charge is 2.34. The van der Waals surface area contributed by atoms with Gasteiger partial charge in [-0.15, -0.1) is 0 Å². The molecule has 0 spiro atoms. The molecule has 0 aliphatic carbocycles. The van der Waals surface area contributed by atoms with Crippen molar-refractivity contribution in [2.24, 2.45) is 5.92 Å². The van der Waals surface area contributed by atoms with Crippen molar-refractivity contribution in [1.82, 2.24) is 14.7 Å². The highest BCUT2D eigenvalue weighted by atomic mass is 16.2. The largest absolute Gasteiger partial charge is 0.328 e. The van der Waals surface area contributed by atoms with Gasteiger partial charge in [-0.2, -0.15) is 0 Å². The summed E-state index contributed by atoms with van der Waals surface area (Å²) in [6.45, 7) is 6.73. The van der Waals surface area contributed by atoms with E-state index in [1.165, 1.54) is 0 Å². The molecule has 0 aromatic rings. The van der Waals surface area contributed by atoms with Gasteiger partial charge in [-0.05, 0) is 26.9 Å². The molecule has 0 saturated carbocycles. The van der Waals surface area contributed by atoms with E-state index in [1.54, 1.807) is 4.90 Å². The van der Waals surface area contributed by atoms with Gasteiger partial charge in [0.15, 0.2) is 0 Å². The van der Waals surface area contributed by atoms with Crippen molar-refractivity contribution in [2.45, 2.75) is 19.9 Å². The van der Waals surface area contributed by atoms with E-state index in [-0.39, 0.29) is 6.03 Å². The zero-order chi connectivity index (χ0) is 11.6. The van der Waals surface area contributed by atoms with E-state index in [0.29, 0.717) is 12.0 Å². The number of carbonyl (C=O) groups is 1. The Morgan fingerprint density at radius 2 is 1.93 bits per heavy atom. The van der Waals surface area contributed by atoms with Gasteiger partial charge in [0.25, 0.3) is 0 Å². The average molecular weight is 213 g/mol. The van der Waals surface area contributed by atoms with Gasteiger partial charge < -0.3 is 14.7 Å². The predicted molar refractivity (Wildman–Crippen MR) is 61.9 cm³/mol. The van der Waals surface area contributed by atoms with Gasteiger partial charge in [0.2, 0.25) is 0 Å². The maximum atomic E-state index is 11.9. The molecule has 1 saturated heterocycles. The number of urea groups is 1. The van der Waals surface area contributed by atoms with Crippen LogP contribution in [0.5, 0.6) is 0 Å². The van der Waals surface area contributed by atoms with Gasteiger partial charge in [-0.3, -0.25) is 0 Å². The van der Waals surface area contributed by atoms with E-state index in [2.05, 4.69) is 25.9 Å². The minimum atomic E-state index is 0.161. The number of hydrogen-bond acceptors (Lipinski definition) is 2. The van der Waals surface area contributed by atoms with E-state index >= 15 is 0 Å². The first kappa shape index (κ1) is 12.3. The molecule has 1 fully saturated rings. The smallest absolute Gasteiger partial charge is 0.319 e. The van der Waals surface area contributed by atoms with Crippen molar-refractivity contribution >= 4 is 6.03 Å². The molecule has 1 rings (SSSR count). The minimum absolute atomic E-state index is 0.161. The van der Waals surface area contributed by atoms with E-state index in [4.69, 9.17) is 0 Å². The van der Waals surface area contributed by atoms with Gasteiger partial charge in [-0.25, -0.2) is 4.79 Å². The third kappa shape index (κ3) is 2.62. The first-order valence-corrected chi connectivity index (χ1v) is 5.63. The quantitative estimate of drug-likeness (QED) is 0.682. The van der Waals surface area contributed by atoms with Crippen LogP contribution < -0.4 is 0 Å². The summed E-state index contributed by atoms with van der Waals surface area (Å²) in [4.78, 5) is 17.9. The molecule has 1 aliphatic rings. The van der Waals surface area contributed by atoms with Crippen LogP contribution in [0.3, 0.4) is 0 Å². The van der Waals surface area contributed by atoms with Crippen molar-refractivity contribution in [3.05, 3.63) is 0 Å². The summed E-state index contributed by atoms with van der Waals surface area (Å²) in [5.41, 5.74) is 0. The lowest BCUT2D eigenvalue weighted by molar-refractivity contribution is 0.171. The van der Waals surface area contributed by atoms with Crippen LogP contribution in [0.2, 0.25) is 0 Å². The molecule has 0 bridgehead atoms. The first-order valence-electron chi connectivity index (χ1n) is 5.63. The van der Waals surface area contributed by atoms with Crippen molar-refractivity contribution in [3.63, 3.8) is 0 Å². The maximum absolute atomic E-state index is 11.9. The molecule has 0 aromatic carbocycles. The number of likely N-dealkylation sites (tertiary alicyclic amines) is 1. The second-order valence-electron chi connectivity index (χ2n) is 4.71. The number of amides is 2. The van der Waals surface area contributed by atoms with Crippen molar-refractivity contribution < 1.29 is 4.79 Å². The fourth-order valence-corrected chi connectivity index (χ4v) is 2.15. The van der Waals surface area contributed by atoms with Gasteiger partial charge in [0, 0.05) is 32.7 Å². The molecule has 88 valence electrons. The molecule has 2 amide bonds. The van der Waals surface area contributed by atoms with E-state index in [1.807, 2.05) is 18.9 Å². The predicted octanol–water partition coefficient (Wildman–Crippen LogP) is 0.940. The molecule has 2 unspecified atom stereocenters. The summed E-state index contributed by atoms with van der Waals surface area (Å²) >= 11 is 0. The molecule has 4 heteroatoms. The van der Waals surface area contributed by atoms with Crippen LogP contribution in [0, 0.1) is 5.92 Å². The van der Waals surface area contributed by atoms with Crippen LogP contribution in [0.4, 0.5) is 4.79 Å². The number of rotatable bonds is 2. The van der Waals surface area contributed by atoms with Crippen LogP contribution >= 0.6 is 0 Å². The minimum Gasteiger partial charge on any atom is -0.328 e. The SMILES string of the molecule is CCN(C)C(=O)N1CC(C)C(N(C)C)C1. The molecule has 0 N–H and O–H groups in total. The number of nitrogens with zero attached hydrogens (tertiary/aromatic N) is 3. The molecule has 1 aliphatic heterocycles. The molecule has 0 aromatic heterocycles. The van der Waals surface area contributed by atoms with Crippen LogP contribution in [-0.4, -0.2) is 67.5 Å². The molecular weight excluding hydrogens is 190 g/mol. The Morgan fingerprint density at radius 3 is 2.33 bits per heavy atom. The summed E-state index contributed by atoms with van der Waals surface area (Å²) in [6.07, 6.45) is 0. The molecule has 4 nitrogen and oxygen atoms in total. The van der Waals surface area contributed by atoms with E-state index < -0.39 is 0 Å². The zero-order valence-corrected chi connectivity index (χ0v) is 10.5. The fourth-order valence-electron chi connectivity index (χ4n) is 2.15. The average Bonchev–Trinajstić information content (AvgIpc) is 2.58. The summed E-state index contributed by atoms with van der Waals surface area (Å²) in [7, 11) is 6.02. The topological polar surface area (TPSA) is 26.8 Å². The molecule has 1 heterocycles. The fraction of sp³-hybridized carbons (Fsp3) is 0.909. The summed E-state index contributed by atoms with van der Waals surface area (Å²) < 4.78 is 0. The Bertz CT molecular complexity index is 230. The van der Waals surface area contributed by atoms with Gasteiger partial charge in [0.1, 0.15) is 0 Å². The van der Waals surface area contributed by atoms with Crippen LogP contribution in [0.1, 0.15) is 13.8 Å². The molecule has 2 atom stereocenters. The van der Waals surface area contributed by atoms with Crippen LogP contribution in [-0.2, 0) is 0 Å². The van der Waals surface area contributed by atoms with Crippen LogP contribution in [0.25, 0.3) is 0 Å². The standard InChI is InChI=1S/C11H23N3O/c1-6-13(5)11(15)14-7-9(2)10(8-14)12(3)4/h9-10H,6-8H2,1-5H3. The highest BCUT2D eigenvalue weighted by molar-refractivity contribution is 5.74. The maximum Gasteiger partial charge on any atom is 0.319 e. The Hall–Kier alpha value is -0.770. The number of hydrogen-bond donors (Lipinski definition) is 0. The molecular formula is C11H23N3O. The van der Waals surface area contributed by atoms with Crippen molar-refractivity contribution in [1.29, 1.82) is 0 Å². The van der Waals surface area contributed by atoms with Crippen molar-refractivity contribution in [2.75, 3.05) is 40.8 Å². The van der Waals surface area contributed by atoms with Gasteiger partial charge in [0.05, 0.1) is 0 Å². The second kappa shape index (κ2) is 4.84. The second-order valence-corrected chi connectivity index (χ2v) is 4.71. The Labute approximate surface area is 92.8 Å². The molecule has 0 radical (unpaired) electrons. The van der Waals surface area contributed by atoms with E-state index in [0.717, 1.165) is 19.6 Å². The Kier molecular flexibility index (Phi) is 3.97. The third-order valence-corrected chi connectivity index (χ3v) is 3.31. The monoisotopic (exact) mass is 213 g/mol. The lowest BCUT2D eigenvalue weighted by atomic mass is 10.1. The van der Waals surface area contributed by atoms with Gasteiger partial charge >= 0.3 is 6.03 Å². The Balaban J connectivity index is 2.58. The lowest BCUT2D eigenvalue weighted by Gasteiger charge is -2.24. The summed E-state index contributed by atoms with van der Waals surface area (Å²) in [6, 6.07) is 0.660. The summed E-state index contributed by atoms with van der Waals surface area (Å²) in [5, 5.41) is 0. The lowest BCUT2D eigenvalue weighted by Crippen LogP contribution is -2.41. The normalized spacial score (nSPS) is 26.1.